The maximum absolute atomic E-state index is 12.2. The molecule has 0 atom stereocenters. The third-order valence-electron chi connectivity index (χ3n) is 3.33. The Bertz CT molecular complexity index is 562. The summed E-state index contributed by atoms with van der Waals surface area (Å²) in [4.78, 5) is 22.7. The van der Waals surface area contributed by atoms with Crippen LogP contribution in [-0.2, 0) is 0 Å². The standard InChI is InChI=1S/C13H16ClN3O3S/c1-15-12-10(14)6-8(7-11(12)17(19)20)13(18)16-9-2-4-21-5-3-9/h6-7,9,15H,2-5H2,1H3,(H,16,18). The third-order valence-corrected chi connectivity index (χ3v) is 4.68. The van der Waals surface area contributed by atoms with Gasteiger partial charge in [-0.25, -0.2) is 0 Å². The lowest BCUT2D eigenvalue weighted by molar-refractivity contribution is -0.383. The number of rotatable bonds is 4. The van der Waals surface area contributed by atoms with Gasteiger partial charge in [0.05, 0.1) is 9.95 Å². The Balaban J connectivity index is 2.22. The first-order chi connectivity index (χ1) is 10.0. The fourth-order valence-electron chi connectivity index (χ4n) is 2.23. The number of amides is 1. The molecule has 0 unspecified atom stereocenters. The van der Waals surface area contributed by atoms with Crippen LogP contribution < -0.4 is 10.6 Å². The molecule has 0 saturated carbocycles. The van der Waals surface area contributed by atoms with Crippen molar-refractivity contribution in [3.63, 3.8) is 0 Å². The highest BCUT2D eigenvalue weighted by molar-refractivity contribution is 7.99. The van der Waals surface area contributed by atoms with Gasteiger partial charge in [0.25, 0.3) is 11.6 Å². The molecule has 0 spiro atoms. The molecule has 1 amide bonds. The predicted octanol–water partition coefficient (Wildman–Crippen LogP) is 2.92. The highest BCUT2D eigenvalue weighted by Gasteiger charge is 2.22. The van der Waals surface area contributed by atoms with Crippen LogP contribution in [0.3, 0.4) is 0 Å². The fourth-order valence-corrected chi connectivity index (χ4v) is 3.64. The zero-order valence-electron chi connectivity index (χ0n) is 11.5. The first-order valence-electron chi connectivity index (χ1n) is 6.57. The second-order valence-corrected chi connectivity index (χ2v) is 6.35. The summed E-state index contributed by atoms with van der Waals surface area (Å²) in [6.45, 7) is 0. The Morgan fingerprint density at radius 2 is 2.10 bits per heavy atom. The van der Waals surface area contributed by atoms with E-state index in [2.05, 4.69) is 10.6 Å². The Kier molecular flexibility index (Phi) is 5.30. The summed E-state index contributed by atoms with van der Waals surface area (Å²) in [5.74, 6) is 1.72. The monoisotopic (exact) mass is 329 g/mol. The summed E-state index contributed by atoms with van der Waals surface area (Å²) in [7, 11) is 1.55. The molecule has 1 aliphatic heterocycles. The number of hydrogen-bond donors (Lipinski definition) is 2. The number of hydrogen-bond acceptors (Lipinski definition) is 5. The normalized spacial score (nSPS) is 15.5. The number of thioether (sulfide) groups is 1. The van der Waals surface area contributed by atoms with E-state index in [1.807, 2.05) is 11.8 Å². The van der Waals surface area contributed by atoms with Crippen LogP contribution in [0, 0.1) is 10.1 Å². The number of carbonyl (C=O) groups is 1. The molecule has 1 aliphatic rings. The Morgan fingerprint density at radius 3 is 2.67 bits per heavy atom. The van der Waals surface area contributed by atoms with Gasteiger partial charge in [0.1, 0.15) is 5.69 Å². The van der Waals surface area contributed by atoms with Crippen LogP contribution in [0.25, 0.3) is 0 Å². The van der Waals surface area contributed by atoms with Gasteiger partial charge in [-0.05, 0) is 30.4 Å². The number of anilines is 1. The molecule has 114 valence electrons. The first kappa shape index (κ1) is 15.9. The number of nitro benzene ring substituents is 1. The topological polar surface area (TPSA) is 84.3 Å². The van der Waals surface area contributed by atoms with E-state index < -0.39 is 4.92 Å². The second kappa shape index (κ2) is 7.00. The van der Waals surface area contributed by atoms with Crippen molar-refractivity contribution in [2.45, 2.75) is 18.9 Å². The number of nitro groups is 1. The van der Waals surface area contributed by atoms with Crippen molar-refractivity contribution in [2.75, 3.05) is 23.9 Å². The zero-order valence-corrected chi connectivity index (χ0v) is 13.1. The Hall–Kier alpha value is -1.47. The summed E-state index contributed by atoms with van der Waals surface area (Å²) in [6, 6.07) is 2.83. The molecule has 1 fully saturated rings. The van der Waals surface area contributed by atoms with E-state index in [0.717, 1.165) is 24.3 Å². The van der Waals surface area contributed by atoms with Crippen LogP contribution in [-0.4, -0.2) is 35.4 Å². The van der Waals surface area contributed by atoms with E-state index in [4.69, 9.17) is 11.6 Å². The summed E-state index contributed by atoms with van der Waals surface area (Å²) in [6.07, 6.45) is 1.83. The molecular formula is C13H16ClN3O3S. The largest absolute Gasteiger partial charge is 0.381 e. The summed E-state index contributed by atoms with van der Waals surface area (Å²) in [5.41, 5.74) is 0.227. The smallest absolute Gasteiger partial charge is 0.294 e. The van der Waals surface area contributed by atoms with Gasteiger partial charge in [-0.15, -0.1) is 0 Å². The number of benzene rings is 1. The molecule has 1 aromatic rings. The molecule has 6 nitrogen and oxygen atoms in total. The molecular weight excluding hydrogens is 314 g/mol. The molecule has 0 bridgehead atoms. The molecule has 0 radical (unpaired) electrons. The van der Waals surface area contributed by atoms with Gasteiger partial charge in [0, 0.05) is 24.7 Å². The average Bonchev–Trinajstić information content (AvgIpc) is 2.47. The molecule has 1 aromatic carbocycles. The molecule has 0 aromatic heterocycles. The quantitative estimate of drug-likeness (QED) is 0.655. The Labute approximate surface area is 131 Å². The van der Waals surface area contributed by atoms with Crippen molar-refractivity contribution < 1.29 is 9.72 Å². The van der Waals surface area contributed by atoms with Gasteiger partial charge in [-0.2, -0.15) is 11.8 Å². The highest BCUT2D eigenvalue weighted by atomic mass is 35.5. The number of halogens is 1. The molecule has 1 heterocycles. The second-order valence-electron chi connectivity index (χ2n) is 4.72. The van der Waals surface area contributed by atoms with Crippen LogP contribution in [0.15, 0.2) is 12.1 Å². The van der Waals surface area contributed by atoms with Crippen molar-refractivity contribution >= 4 is 40.6 Å². The minimum absolute atomic E-state index is 0.126. The van der Waals surface area contributed by atoms with Crippen molar-refractivity contribution in [1.82, 2.24) is 5.32 Å². The molecule has 1 saturated heterocycles. The van der Waals surface area contributed by atoms with Crippen molar-refractivity contribution in [2.24, 2.45) is 0 Å². The van der Waals surface area contributed by atoms with E-state index >= 15 is 0 Å². The van der Waals surface area contributed by atoms with Gasteiger partial charge in [-0.3, -0.25) is 14.9 Å². The van der Waals surface area contributed by atoms with Gasteiger partial charge in [0.15, 0.2) is 0 Å². The fraction of sp³-hybridized carbons (Fsp3) is 0.462. The third kappa shape index (κ3) is 3.79. The van der Waals surface area contributed by atoms with Crippen molar-refractivity contribution in [1.29, 1.82) is 0 Å². The minimum Gasteiger partial charge on any atom is -0.381 e. The lowest BCUT2D eigenvalue weighted by atomic mass is 10.1. The maximum Gasteiger partial charge on any atom is 0.294 e. The molecule has 21 heavy (non-hydrogen) atoms. The van der Waals surface area contributed by atoms with Crippen LogP contribution in [0.4, 0.5) is 11.4 Å². The van der Waals surface area contributed by atoms with Crippen molar-refractivity contribution in [3.05, 3.63) is 32.8 Å². The summed E-state index contributed by atoms with van der Waals surface area (Å²) < 4.78 is 0. The van der Waals surface area contributed by atoms with Crippen LogP contribution in [0.1, 0.15) is 23.2 Å². The Morgan fingerprint density at radius 1 is 1.43 bits per heavy atom. The summed E-state index contributed by atoms with van der Waals surface area (Å²) in [5, 5.41) is 16.8. The number of carbonyl (C=O) groups excluding carboxylic acids is 1. The first-order valence-corrected chi connectivity index (χ1v) is 8.10. The highest BCUT2D eigenvalue weighted by Crippen LogP contribution is 2.33. The SMILES string of the molecule is CNc1c(Cl)cc(C(=O)NC2CCSCC2)cc1[N+](=O)[O-]. The van der Waals surface area contributed by atoms with E-state index in [-0.39, 0.29) is 33.9 Å². The predicted molar refractivity (Wildman–Crippen MR) is 85.5 cm³/mol. The van der Waals surface area contributed by atoms with E-state index in [9.17, 15) is 14.9 Å². The molecule has 8 heteroatoms. The molecule has 0 aliphatic carbocycles. The van der Waals surface area contributed by atoms with Gasteiger partial charge in [-0.1, -0.05) is 11.6 Å². The zero-order chi connectivity index (χ0) is 15.4. The maximum atomic E-state index is 12.2. The van der Waals surface area contributed by atoms with Crippen LogP contribution in [0.2, 0.25) is 5.02 Å². The summed E-state index contributed by atoms with van der Waals surface area (Å²) >= 11 is 7.88. The van der Waals surface area contributed by atoms with E-state index in [1.54, 1.807) is 7.05 Å². The van der Waals surface area contributed by atoms with Gasteiger partial charge < -0.3 is 10.6 Å². The number of nitrogens with zero attached hydrogens (tertiary/aromatic N) is 1. The molecule has 2 rings (SSSR count). The number of nitrogens with one attached hydrogen (secondary N) is 2. The van der Waals surface area contributed by atoms with Crippen LogP contribution in [0.5, 0.6) is 0 Å². The van der Waals surface area contributed by atoms with E-state index in [0.29, 0.717) is 0 Å². The lowest BCUT2D eigenvalue weighted by Gasteiger charge is -2.22. The lowest BCUT2D eigenvalue weighted by Crippen LogP contribution is -2.37. The minimum atomic E-state index is -0.550. The van der Waals surface area contributed by atoms with E-state index in [1.165, 1.54) is 12.1 Å². The molecule has 2 N–H and O–H groups in total. The van der Waals surface area contributed by atoms with Gasteiger partial charge in [0.2, 0.25) is 0 Å². The van der Waals surface area contributed by atoms with Gasteiger partial charge >= 0.3 is 0 Å². The average molecular weight is 330 g/mol. The van der Waals surface area contributed by atoms with Crippen LogP contribution >= 0.6 is 23.4 Å². The van der Waals surface area contributed by atoms with Crippen molar-refractivity contribution in [3.8, 4) is 0 Å².